The number of hydrogen-bond donors (Lipinski definition) is 5. The second-order valence-corrected chi connectivity index (χ2v) is 9.74. The van der Waals surface area contributed by atoms with Gasteiger partial charge in [-0.2, -0.15) is 0 Å². The number of carboxylic acid groups (broad SMARTS) is 5. The number of carboxylic acids is 5. The summed E-state index contributed by atoms with van der Waals surface area (Å²) in [6, 6.07) is 0. The van der Waals surface area contributed by atoms with Gasteiger partial charge in [-0.3, -0.25) is 24.0 Å². The average molecular weight is 577 g/mol. The summed E-state index contributed by atoms with van der Waals surface area (Å²) in [5.74, 6) is -15.0. The Morgan fingerprint density at radius 1 is 0.700 bits per heavy atom. The van der Waals surface area contributed by atoms with E-state index < -0.39 is 96.4 Å². The molecule has 0 aromatic rings. The largest absolute Gasteiger partial charge is 0.481 e. The highest BCUT2D eigenvalue weighted by molar-refractivity contribution is 6.06. The quantitative estimate of drug-likeness (QED) is 0.0707. The minimum absolute atomic E-state index is 0.0627. The van der Waals surface area contributed by atoms with E-state index in [1.54, 1.807) is 20.8 Å². The van der Waals surface area contributed by atoms with Gasteiger partial charge in [0.1, 0.15) is 11.2 Å². The molecule has 228 valence electrons. The Hall–Kier alpha value is -3.55. The monoisotopic (exact) mass is 576 g/mol. The maximum Gasteiger partial charge on any atom is 0.349 e. The zero-order chi connectivity index (χ0) is 31.3. The molecule has 0 bridgehead atoms. The van der Waals surface area contributed by atoms with Crippen molar-refractivity contribution < 1.29 is 68.6 Å². The van der Waals surface area contributed by atoms with Gasteiger partial charge >= 0.3 is 35.8 Å². The molecule has 0 aliphatic carbocycles. The minimum atomic E-state index is -3.18. The van der Waals surface area contributed by atoms with E-state index in [4.69, 9.17) is 9.47 Å². The number of ether oxygens (including phenoxy) is 2. The van der Waals surface area contributed by atoms with Crippen molar-refractivity contribution in [1.29, 1.82) is 0 Å². The van der Waals surface area contributed by atoms with Crippen molar-refractivity contribution in [1.82, 2.24) is 0 Å². The lowest BCUT2D eigenvalue weighted by atomic mass is 9.59. The van der Waals surface area contributed by atoms with Gasteiger partial charge in [-0.05, 0) is 26.2 Å². The minimum Gasteiger partial charge on any atom is -0.481 e. The Morgan fingerprint density at radius 3 is 1.45 bits per heavy atom. The van der Waals surface area contributed by atoms with Crippen molar-refractivity contribution >= 4 is 41.6 Å². The van der Waals surface area contributed by atoms with Gasteiger partial charge in [0.15, 0.2) is 5.92 Å². The number of rotatable bonds is 22. The Balaban J connectivity index is 7.86. The van der Waals surface area contributed by atoms with Gasteiger partial charge in [-0.1, -0.05) is 52.9 Å². The van der Waals surface area contributed by atoms with Crippen LogP contribution in [0.2, 0.25) is 0 Å². The number of esters is 1. The molecular weight excluding hydrogens is 536 g/mol. The lowest BCUT2D eigenvalue weighted by molar-refractivity contribution is -0.229. The van der Waals surface area contributed by atoms with Gasteiger partial charge in [0.05, 0.1) is 12.8 Å². The first-order valence-corrected chi connectivity index (χ1v) is 13.1. The fourth-order valence-electron chi connectivity index (χ4n) is 4.80. The second-order valence-electron chi connectivity index (χ2n) is 9.74. The maximum atomic E-state index is 14.2. The van der Waals surface area contributed by atoms with E-state index >= 15 is 0 Å². The summed E-state index contributed by atoms with van der Waals surface area (Å²) in [5.41, 5.74) is -8.83. The number of carbonyl (C=O) groups is 7. The standard InChI is InChI=1S/C26H40O14/c1-5-8-11-24(12-9-6-2,23(38)40-25(21(34)35,14-17(28)29)15-18(30)31)26(22(36)37,39-13-10-7-3)19(16(4)27)20(32)33/h19H,5-15H2,1-4H3,(H,28,29)(H,30,31)(H,32,33)(H,34,35)(H,36,37). The lowest BCUT2D eigenvalue weighted by Gasteiger charge is -2.48. The zero-order valence-electron chi connectivity index (χ0n) is 23.3. The van der Waals surface area contributed by atoms with E-state index in [2.05, 4.69) is 0 Å². The fourth-order valence-corrected chi connectivity index (χ4v) is 4.80. The van der Waals surface area contributed by atoms with Crippen LogP contribution >= 0.6 is 0 Å². The van der Waals surface area contributed by atoms with E-state index in [1.807, 2.05) is 0 Å². The number of carbonyl (C=O) groups excluding carboxylic acids is 2. The molecule has 0 radical (unpaired) electrons. The molecule has 0 fully saturated rings. The smallest absolute Gasteiger partial charge is 0.349 e. The lowest BCUT2D eigenvalue weighted by Crippen LogP contribution is -2.68. The van der Waals surface area contributed by atoms with Crippen LogP contribution in [0, 0.1) is 11.3 Å². The van der Waals surface area contributed by atoms with Gasteiger partial charge in [0.2, 0.25) is 11.2 Å². The fraction of sp³-hybridized carbons (Fsp3) is 0.731. The van der Waals surface area contributed by atoms with Crippen LogP contribution in [-0.2, 0) is 43.0 Å². The Kier molecular flexibility index (Phi) is 14.5. The molecule has 0 amide bonds. The number of hydrogen-bond acceptors (Lipinski definition) is 9. The Labute approximate surface area is 231 Å². The van der Waals surface area contributed by atoms with Crippen LogP contribution in [0.25, 0.3) is 0 Å². The van der Waals surface area contributed by atoms with Crippen LogP contribution in [0.5, 0.6) is 0 Å². The molecule has 0 aliphatic heterocycles. The highest BCUT2D eigenvalue weighted by Gasteiger charge is 2.70. The van der Waals surface area contributed by atoms with E-state index in [9.17, 15) is 59.1 Å². The summed E-state index contributed by atoms with van der Waals surface area (Å²) >= 11 is 0. The predicted molar refractivity (Wildman–Crippen MR) is 135 cm³/mol. The Morgan fingerprint density at radius 2 is 1.15 bits per heavy atom. The SMILES string of the molecule is CCCCOC(C(=O)O)(C(C(C)=O)C(=O)O)C(CCCC)(CCCC)C(=O)OC(CC(=O)O)(CC(=O)O)C(=O)O. The number of aliphatic carboxylic acids is 5. The van der Waals surface area contributed by atoms with Gasteiger partial charge in [-0.15, -0.1) is 0 Å². The van der Waals surface area contributed by atoms with Crippen molar-refractivity contribution in [2.45, 2.75) is 103 Å². The summed E-state index contributed by atoms with van der Waals surface area (Å²) in [4.78, 5) is 87.9. The summed E-state index contributed by atoms with van der Waals surface area (Å²) in [6.45, 7) is 5.48. The van der Waals surface area contributed by atoms with Crippen LogP contribution < -0.4 is 0 Å². The van der Waals surface area contributed by atoms with Crippen molar-refractivity contribution in [2.24, 2.45) is 11.3 Å². The molecule has 0 saturated heterocycles. The van der Waals surface area contributed by atoms with E-state index in [1.165, 1.54) is 0 Å². The molecule has 14 nitrogen and oxygen atoms in total. The normalized spacial score (nSPS) is 14.0. The van der Waals surface area contributed by atoms with Crippen LogP contribution in [0.15, 0.2) is 0 Å². The third kappa shape index (κ3) is 8.23. The molecule has 0 spiro atoms. The van der Waals surface area contributed by atoms with Crippen molar-refractivity contribution in [3.63, 3.8) is 0 Å². The summed E-state index contributed by atoms with van der Waals surface area (Å²) in [5, 5.41) is 49.2. The summed E-state index contributed by atoms with van der Waals surface area (Å²) < 4.78 is 11.0. The van der Waals surface area contributed by atoms with Crippen molar-refractivity contribution in [2.75, 3.05) is 6.61 Å². The van der Waals surface area contributed by atoms with Gasteiger partial charge in [-0.25, -0.2) is 9.59 Å². The van der Waals surface area contributed by atoms with Gasteiger partial charge in [0, 0.05) is 6.61 Å². The zero-order valence-corrected chi connectivity index (χ0v) is 23.3. The maximum absolute atomic E-state index is 14.2. The molecule has 0 rings (SSSR count). The van der Waals surface area contributed by atoms with E-state index in [-0.39, 0.29) is 19.3 Å². The molecule has 0 aromatic heterocycles. The van der Waals surface area contributed by atoms with E-state index in [0.717, 1.165) is 6.92 Å². The molecule has 5 N–H and O–H groups in total. The molecule has 0 aromatic carbocycles. The molecule has 2 unspecified atom stereocenters. The molecule has 0 aliphatic rings. The van der Waals surface area contributed by atoms with Crippen molar-refractivity contribution in [3.8, 4) is 0 Å². The molecule has 0 heterocycles. The number of Topliss-reactive ketones (excluding diaryl/α,β-unsaturated/α-hetero) is 1. The third-order valence-electron chi connectivity index (χ3n) is 6.77. The number of unbranched alkanes of at least 4 members (excludes halogenated alkanes) is 3. The summed E-state index contributed by atoms with van der Waals surface area (Å²) in [6.07, 6.45) is -2.46. The topological polar surface area (TPSA) is 239 Å². The van der Waals surface area contributed by atoms with Gasteiger partial charge in [0.25, 0.3) is 0 Å². The highest BCUT2D eigenvalue weighted by Crippen LogP contribution is 2.51. The van der Waals surface area contributed by atoms with Crippen molar-refractivity contribution in [3.05, 3.63) is 0 Å². The molecule has 40 heavy (non-hydrogen) atoms. The second kappa shape index (κ2) is 15.9. The predicted octanol–water partition coefficient (Wildman–Crippen LogP) is 2.60. The Bertz CT molecular complexity index is 917. The highest BCUT2D eigenvalue weighted by atomic mass is 16.6. The summed E-state index contributed by atoms with van der Waals surface area (Å²) in [7, 11) is 0. The first-order chi connectivity index (χ1) is 18.5. The molecule has 0 saturated carbocycles. The van der Waals surface area contributed by atoms with Crippen LogP contribution in [-0.4, -0.2) is 84.9 Å². The number of ketones is 1. The van der Waals surface area contributed by atoms with Crippen LogP contribution in [0.3, 0.4) is 0 Å². The van der Waals surface area contributed by atoms with Crippen LogP contribution in [0.1, 0.15) is 91.9 Å². The molecule has 2 atom stereocenters. The third-order valence-corrected chi connectivity index (χ3v) is 6.77. The van der Waals surface area contributed by atoms with Gasteiger partial charge < -0.3 is 35.0 Å². The molecule has 14 heteroatoms. The van der Waals surface area contributed by atoms with E-state index in [0.29, 0.717) is 19.3 Å². The van der Waals surface area contributed by atoms with Crippen LogP contribution in [0.4, 0.5) is 0 Å². The first kappa shape index (κ1) is 36.5. The average Bonchev–Trinajstić information content (AvgIpc) is 2.82. The molecular formula is C26H40O14. The first-order valence-electron chi connectivity index (χ1n) is 13.1.